The Morgan fingerprint density at radius 2 is 0.778 bits per heavy atom. The van der Waals surface area contributed by atoms with Gasteiger partial charge in [-0.05, 0) is 109 Å². The summed E-state index contributed by atoms with van der Waals surface area (Å²) in [6, 6.07) is -0.945. The zero-order valence-corrected chi connectivity index (χ0v) is 55.8. The number of aliphatic hydroxyl groups excluding tert-OH is 8. The molecule has 514 valence electrons. The average Bonchev–Trinajstić information content (AvgIpc) is 1.58. The van der Waals surface area contributed by atoms with Gasteiger partial charge >= 0.3 is 0 Å². The highest BCUT2D eigenvalue weighted by Crippen LogP contribution is 2.30. The molecule has 2 saturated heterocycles. The Bertz CT molecular complexity index is 2020. The van der Waals surface area contributed by atoms with E-state index >= 15 is 0 Å². The predicted octanol–water partition coefficient (Wildman–Crippen LogP) is 14.7. The molecule has 1 amide bonds. The topological polar surface area (TPSA) is 228 Å². The van der Waals surface area contributed by atoms with Crippen LogP contribution in [-0.2, 0) is 23.7 Å². The number of nitrogens with one attached hydrogen (secondary N) is 1. The molecule has 0 aromatic heterocycles. The van der Waals surface area contributed by atoms with Crippen LogP contribution >= 0.6 is 0 Å². The second-order valence-electron chi connectivity index (χ2n) is 24.3. The van der Waals surface area contributed by atoms with Crippen LogP contribution in [0.2, 0.25) is 0 Å². The Balaban J connectivity index is 1.59. The van der Waals surface area contributed by atoms with Gasteiger partial charge in [0, 0.05) is 6.42 Å². The standard InChI is InChI=1S/C76H127NO13/c1-3-5-7-9-11-13-15-17-19-20-21-22-23-24-25-26-27-28-29-30-31-32-33-34-35-36-37-38-39-40-41-42-43-44-46-48-50-52-54-56-58-60-68(81)77-64(65(80)59-57-55-53-51-49-47-45-18-16-14-12-10-8-6-4-2)63-87-75-73(86)71(84)74(67(62-79)89-75)90-76-72(85)70(83)69(82)66(61-78)88-76/h5,7,11,13,16-19,21-22,24-25,27-28,30-31,33-34,49,51,57,59,64-67,69-76,78-80,82-86H,3-4,6,8-10,12,14-15,20,23,26,29,32,35-48,50,52-56,58,60-63H2,1-2H3,(H,77,81)/b7-5-,13-11-,18-16+,19-17-,22-21-,25-24-,28-27-,31-30-,34-33-,51-49+,59-57+. The number of allylic oxidation sites excluding steroid dienone is 21. The fourth-order valence-electron chi connectivity index (χ4n) is 10.7. The molecule has 0 spiro atoms. The van der Waals surface area contributed by atoms with Crippen molar-refractivity contribution in [3.05, 3.63) is 134 Å². The first-order chi connectivity index (χ1) is 44.1. The fraction of sp³-hybridized carbons (Fsp3) is 0.697. The first-order valence-corrected chi connectivity index (χ1v) is 35.4. The summed E-state index contributed by atoms with van der Waals surface area (Å²) in [5.41, 5.74) is 0. The van der Waals surface area contributed by atoms with Gasteiger partial charge in [0.2, 0.25) is 5.91 Å². The maximum Gasteiger partial charge on any atom is 0.220 e. The summed E-state index contributed by atoms with van der Waals surface area (Å²) in [6.07, 6.45) is 70.9. The first-order valence-electron chi connectivity index (χ1n) is 35.4. The van der Waals surface area contributed by atoms with Gasteiger partial charge < -0.3 is 65.1 Å². The lowest BCUT2D eigenvalue weighted by atomic mass is 9.97. The number of hydrogen-bond acceptors (Lipinski definition) is 13. The minimum atomic E-state index is -1.80. The predicted molar refractivity (Wildman–Crippen MR) is 368 cm³/mol. The first kappa shape index (κ1) is 82.2. The molecule has 2 aliphatic rings. The van der Waals surface area contributed by atoms with Crippen LogP contribution < -0.4 is 5.32 Å². The van der Waals surface area contributed by atoms with Crippen molar-refractivity contribution < 1.29 is 64.6 Å². The van der Waals surface area contributed by atoms with E-state index < -0.39 is 86.8 Å². The molecule has 0 aliphatic carbocycles. The van der Waals surface area contributed by atoms with Crippen LogP contribution in [0.5, 0.6) is 0 Å². The van der Waals surface area contributed by atoms with E-state index in [0.29, 0.717) is 12.8 Å². The van der Waals surface area contributed by atoms with E-state index in [1.54, 1.807) is 6.08 Å². The Morgan fingerprint density at radius 1 is 0.411 bits per heavy atom. The van der Waals surface area contributed by atoms with Crippen molar-refractivity contribution in [1.29, 1.82) is 0 Å². The van der Waals surface area contributed by atoms with E-state index in [-0.39, 0.29) is 18.9 Å². The molecule has 14 nitrogen and oxygen atoms in total. The van der Waals surface area contributed by atoms with E-state index in [1.807, 2.05) is 6.08 Å². The second kappa shape index (κ2) is 58.9. The molecule has 2 heterocycles. The summed E-state index contributed by atoms with van der Waals surface area (Å²) >= 11 is 0. The van der Waals surface area contributed by atoms with Crippen LogP contribution in [0.15, 0.2) is 134 Å². The lowest BCUT2D eigenvalue weighted by Gasteiger charge is -2.46. The van der Waals surface area contributed by atoms with Gasteiger partial charge in [-0.3, -0.25) is 4.79 Å². The highest BCUT2D eigenvalue weighted by atomic mass is 16.7. The molecule has 2 rings (SSSR count). The Labute approximate surface area is 545 Å². The minimum absolute atomic E-state index is 0.257. The van der Waals surface area contributed by atoms with Gasteiger partial charge in [0.15, 0.2) is 12.6 Å². The van der Waals surface area contributed by atoms with Crippen molar-refractivity contribution in [3.63, 3.8) is 0 Å². The molecule has 0 radical (unpaired) electrons. The number of aliphatic hydroxyl groups is 8. The van der Waals surface area contributed by atoms with E-state index in [9.17, 15) is 45.6 Å². The number of carbonyl (C=O) groups excluding carboxylic acids is 1. The fourth-order valence-corrected chi connectivity index (χ4v) is 10.7. The number of amides is 1. The van der Waals surface area contributed by atoms with Crippen molar-refractivity contribution >= 4 is 5.91 Å². The number of unbranched alkanes of at least 4 members (excludes halogenated alkanes) is 23. The molecule has 2 fully saturated rings. The van der Waals surface area contributed by atoms with E-state index in [0.717, 1.165) is 96.3 Å². The molecule has 12 atom stereocenters. The van der Waals surface area contributed by atoms with Crippen molar-refractivity contribution in [1.82, 2.24) is 5.32 Å². The second-order valence-corrected chi connectivity index (χ2v) is 24.3. The number of hydrogen-bond donors (Lipinski definition) is 9. The summed E-state index contributed by atoms with van der Waals surface area (Å²) in [4.78, 5) is 13.3. The third-order valence-corrected chi connectivity index (χ3v) is 16.3. The smallest absolute Gasteiger partial charge is 0.220 e. The van der Waals surface area contributed by atoms with Gasteiger partial charge in [-0.2, -0.15) is 0 Å². The SMILES string of the molecule is CC/C=C\C/C=C\C/C=C\C/C=C\C/C=C\C/C=C\C/C=C\C/C=C\CCCCCCCCCCCCCCCCCCC(=O)NC(COC1OC(CO)C(OC2OC(CO)C(O)C(O)C2O)C(O)C1O)C(O)/C=C/CC/C=C/CC/C=C/CCCCCCC. The summed E-state index contributed by atoms with van der Waals surface area (Å²) < 4.78 is 22.8. The summed E-state index contributed by atoms with van der Waals surface area (Å²) in [6.45, 7) is 2.63. The van der Waals surface area contributed by atoms with Crippen LogP contribution in [0.1, 0.15) is 245 Å². The maximum atomic E-state index is 13.3. The van der Waals surface area contributed by atoms with Gasteiger partial charge in [-0.25, -0.2) is 0 Å². The average molecular weight is 1260 g/mol. The van der Waals surface area contributed by atoms with Crippen LogP contribution in [0.3, 0.4) is 0 Å². The van der Waals surface area contributed by atoms with E-state index in [4.69, 9.17) is 18.9 Å². The van der Waals surface area contributed by atoms with Gasteiger partial charge in [0.05, 0.1) is 32.0 Å². The third kappa shape index (κ3) is 42.4. The summed E-state index contributed by atoms with van der Waals surface area (Å²) in [5.74, 6) is -0.257. The van der Waals surface area contributed by atoms with Gasteiger partial charge in [-0.15, -0.1) is 0 Å². The van der Waals surface area contributed by atoms with Crippen molar-refractivity contribution in [2.24, 2.45) is 0 Å². The number of ether oxygens (including phenoxy) is 4. The molecule has 9 N–H and O–H groups in total. The zero-order valence-electron chi connectivity index (χ0n) is 55.8. The molecule has 90 heavy (non-hydrogen) atoms. The van der Waals surface area contributed by atoms with Crippen LogP contribution in [0.25, 0.3) is 0 Å². The van der Waals surface area contributed by atoms with Crippen LogP contribution in [0.4, 0.5) is 0 Å². The molecule has 14 heteroatoms. The van der Waals surface area contributed by atoms with Crippen molar-refractivity contribution in [3.8, 4) is 0 Å². The Morgan fingerprint density at radius 3 is 1.22 bits per heavy atom. The van der Waals surface area contributed by atoms with Gasteiger partial charge in [-0.1, -0.05) is 263 Å². The number of rotatable bonds is 56. The van der Waals surface area contributed by atoms with Crippen LogP contribution in [-0.4, -0.2) is 140 Å². The quantitative estimate of drug-likeness (QED) is 0.0204. The normalized spacial score (nSPS) is 23.8. The van der Waals surface area contributed by atoms with Crippen LogP contribution in [0, 0.1) is 0 Å². The molecule has 0 saturated carbocycles. The highest BCUT2D eigenvalue weighted by molar-refractivity contribution is 5.76. The lowest BCUT2D eigenvalue weighted by molar-refractivity contribution is -0.359. The molecule has 2 aliphatic heterocycles. The summed E-state index contributed by atoms with van der Waals surface area (Å²) in [5, 5.41) is 87.2. The van der Waals surface area contributed by atoms with Crippen molar-refractivity contribution in [2.75, 3.05) is 19.8 Å². The Hall–Kier alpha value is -3.87. The third-order valence-electron chi connectivity index (χ3n) is 16.3. The minimum Gasteiger partial charge on any atom is -0.394 e. The maximum absolute atomic E-state index is 13.3. The van der Waals surface area contributed by atoms with E-state index in [1.165, 1.54) is 116 Å². The molecular weight excluding hydrogens is 1130 g/mol. The highest BCUT2D eigenvalue weighted by Gasteiger charge is 2.51. The molecule has 12 unspecified atom stereocenters. The monoisotopic (exact) mass is 1260 g/mol. The molecule has 0 aromatic carbocycles. The van der Waals surface area contributed by atoms with Crippen molar-refractivity contribution in [2.45, 2.75) is 319 Å². The van der Waals surface area contributed by atoms with E-state index in [2.05, 4.69) is 141 Å². The Kier molecular flexibility index (Phi) is 53.8. The largest absolute Gasteiger partial charge is 0.394 e. The molecule has 0 bridgehead atoms. The molecular formula is C76H127NO13. The zero-order chi connectivity index (χ0) is 65.2. The summed E-state index contributed by atoms with van der Waals surface area (Å²) in [7, 11) is 0. The van der Waals surface area contributed by atoms with Gasteiger partial charge in [0.1, 0.15) is 48.8 Å². The lowest BCUT2D eigenvalue weighted by Crippen LogP contribution is -2.65. The van der Waals surface area contributed by atoms with Gasteiger partial charge in [0.25, 0.3) is 0 Å². The number of carbonyl (C=O) groups is 1. The molecule has 0 aromatic rings.